The van der Waals surface area contributed by atoms with E-state index in [9.17, 15) is 9.59 Å². The predicted octanol–water partition coefficient (Wildman–Crippen LogP) is 2.54. The van der Waals surface area contributed by atoms with Gasteiger partial charge in [0.1, 0.15) is 0 Å². The van der Waals surface area contributed by atoms with Crippen molar-refractivity contribution < 1.29 is 9.59 Å². The second-order valence-electron chi connectivity index (χ2n) is 7.15. The Bertz CT molecular complexity index is 653. The molecule has 25 heavy (non-hydrogen) atoms. The van der Waals surface area contributed by atoms with Crippen LogP contribution in [0.25, 0.3) is 0 Å². The molecule has 1 aromatic carbocycles. The van der Waals surface area contributed by atoms with Crippen LogP contribution in [0.2, 0.25) is 0 Å². The first-order valence-electron chi connectivity index (χ1n) is 9.09. The van der Waals surface area contributed by atoms with E-state index in [4.69, 9.17) is 0 Å². The molecule has 6 heteroatoms. The maximum atomic E-state index is 12.5. The lowest BCUT2D eigenvalue weighted by Crippen LogP contribution is -2.47. The lowest BCUT2D eigenvalue weighted by molar-refractivity contribution is -0.130. The molecule has 0 radical (unpaired) electrons. The summed E-state index contributed by atoms with van der Waals surface area (Å²) in [5.41, 5.74) is 3.42. The monoisotopic (exact) mass is 344 g/mol. The number of urea groups is 1. The van der Waals surface area contributed by atoms with Crippen molar-refractivity contribution in [2.75, 3.05) is 43.9 Å². The van der Waals surface area contributed by atoms with Gasteiger partial charge in [0.05, 0.1) is 0 Å². The van der Waals surface area contributed by atoms with E-state index in [-0.39, 0.29) is 18.0 Å². The third-order valence-electron chi connectivity index (χ3n) is 5.48. The average Bonchev–Trinajstić information content (AvgIpc) is 2.61. The molecule has 0 aliphatic carbocycles. The fourth-order valence-corrected chi connectivity index (χ4v) is 3.78. The number of nitrogens with zero attached hydrogens (tertiary/aromatic N) is 3. The fraction of sp³-hybridized carbons (Fsp3) is 0.579. The number of hydrogen-bond donors (Lipinski definition) is 1. The summed E-state index contributed by atoms with van der Waals surface area (Å²) in [5.74, 6) is 0.0851. The van der Waals surface area contributed by atoms with Gasteiger partial charge in [-0.25, -0.2) is 4.79 Å². The minimum absolute atomic E-state index is 0.0481. The van der Waals surface area contributed by atoms with Crippen molar-refractivity contribution in [3.63, 3.8) is 0 Å². The fourth-order valence-electron chi connectivity index (χ4n) is 3.78. The van der Waals surface area contributed by atoms with E-state index in [1.807, 2.05) is 18.0 Å². The first kappa shape index (κ1) is 17.6. The number of rotatable bonds is 2. The van der Waals surface area contributed by atoms with E-state index in [2.05, 4.69) is 29.4 Å². The molecule has 0 atom stereocenters. The van der Waals surface area contributed by atoms with Crippen LogP contribution in [0.3, 0.4) is 0 Å². The molecule has 0 aromatic heterocycles. The maximum absolute atomic E-state index is 12.5. The van der Waals surface area contributed by atoms with Crippen molar-refractivity contribution >= 4 is 23.3 Å². The molecule has 6 nitrogen and oxygen atoms in total. The van der Waals surface area contributed by atoms with Crippen LogP contribution in [0, 0.1) is 0 Å². The van der Waals surface area contributed by atoms with Crippen molar-refractivity contribution in [1.29, 1.82) is 0 Å². The van der Waals surface area contributed by atoms with Crippen LogP contribution in [-0.4, -0.2) is 61.5 Å². The van der Waals surface area contributed by atoms with Gasteiger partial charge in [-0.15, -0.1) is 0 Å². The van der Waals surface area contributed by atoms with Crippen LogP contribution < -0.4 is 10.2 Å². The van der Waals surface area contributed by atoms with E-state index >= 15 is 0 Å². The molecule has 0 saturated carbocycles. The quantitative estimate of drug-likeness (QED) is 0.897. The number of fused-ring (bicyclic) bond motifs is 1. The summed E-state index contributed by atoms with van der Waals surface area (Å²) >= 11 is 0. The van der Waals surface area contributed by atoms with Gasteiger partial charge in [0, 0.05) is 58.1 Å². The van der Waals surface area contributed by atoms with Gasteiger partial charge in [0.25, 0.3) is 0 Å². The summed E-state index contributed by atoms with van der Waals surface area (Å²) in [5, 5.41) is 3.03. The zero-order valence-electron chi connectivity index (χ0n) is 15.4. The smallest absolute Gasteiger partial charge is 0.321 e. The van der Waals surface area contributed by atoms with E-state index in [1.54, 1.807) is 11.8 Å². The summed E-state index contributed by atoms with van der Waals surface area (Å²) in [6.07, 6.45) is 3.88. The molecular weight excluding hydrogens is 316 g/mol. The minimum Gasteiger partial charge on any atom is -0.374 e. The van der Waals surface area contributed by atoms with Crippen LogP contribution in [0.15, 0.2) is 18.2 Å². The largest absolute Gasteiger partial charge is 0.374 e. The van der Waals surface area contributed by atoms with Gasteiger partial charge >= 0.3 is 6.03 Å². The number of carbonyl (C=O) groups is 2. The summed E-state index contributed by atoms with van der Waals surface area (Å²) < 4.78 is 0. The van der Waals surface area contributed by atoms with Crippen LogP contribution in [-0.2, 0) is 11.2 Å². The number of amides is 3. The molecule has 1 N–H and O–H groups in total. The Hall–Kier alpha value is -2.24. The first-order valence-corrected chi connectivity index (χ1v) is 9.09. The van der Waals surface area contributed by atoms with Gasteiger partial charge in [-0.05, 0) is 49.4 Å². The van der Waals surface area contributed by atoms with E-state index < -0.39 is 0 Å². The average molecular weight is 344 g/mol. The highest BCUT2D eigenvalue weighted by molar-refractivity contribution is 5.90. The number of piperidine rings is 1. The van der Waals surface area contributed by atoms with Gasteiger partial charge < -0.3 is 20.0 Å². The highest BCUT2D eigenvalue weighted by Gasteiger charge is 2.26. The molecule has 0 unspecified atom stereocenters. The van der Waals surface area contributed by atoms with Crippen LogP contribution >= 0.6 is 0 Å². The standard InChI is InChI=1S/C19H28N4O2/c1-14(24)22(3)17-8-11-23(12-9-17)19(25)20-16-6-7-18-15(13-16)5-4-10-21(18)2/h6-7,13,17H,4-5,8-12H2,1-3H3,(H,20,25). The predicted molar refractivity (Wildman–Crippen MR) is 100 cm³/mol. The summed E-state index contributed by atoms with van der Waals surface area (Å²) in [7, 11) is 3.95. The van der Waals surface area contributed by atoms with Crippen LogP contribution in [0.4, 0.5) is 16.2 Å². The Morgan fingerprint density at radius 3 is 2.60 bits per heavy atom. The molecule has 136 valence electrons. The first-order chi connectivity index (χ1) is 12.0. The Morgan fingerprint density at radius 2 is 1.92 bits per heavy atom. The third kappa shape index (κ3) is 3.89. The van der Waals surface area contributed by atoms with Gasteiger partial charge in [0.2, 0.25) is 5.91 Å². The van der Waals surface area contributed by atoms with Crippen molar-refractivity contribution in [3.8, 4) is 0 Å². The number of carbonyl (C=O) groups excluding carboxylic acids is 2. The highest BCUT2D eigenvalue weighted by atomic mass is 16.2. The normalized spacial score (nSPS) is 17.9. The molecule has 2 aliphatic heterocycles. The Morgan fingerprint density at radius 1 is 1.20 bits per heavy atom. The van der Waals surface area contributed by atoms with E-state index in [1.165, 1.54) is 11.3 Å². The molecule has 3 amide bonds. The van der Waals surface area contributed by atoms with Gasteiger partial charge in [-0.3, -0.25) is 4.79 Å². The molecule has 1 saturated heterocycles. The molecule has 2 aliphatic rings. The maximum Gasteiger partial charge on any atom is 0.321 e. The zero-order valence-corrected chi connectivity index (χ0v) is 15.4. The van der Waals surface area contributed by atoms with Crippen LogP contribution in [0.1, 0.15) is 31.7 Å². The summed E-state index contributed by atoms with van der Waals surface area (Å²) in [4.78, 5) is 29.9. The summed E-state index contributed by atoms with van der Waals surface area (Å²) in [6.45, 7) is 4.04. The van der Waals surface area contributed by atoms with Gasteiger partial charge in [-0.2, -0.15) is 0 Å². The van der Waals surface area contributed by atoms with Gasteiger partial charge in [-0.1, -0.05) is 0 Å². The molecule has 3 rings (SSSR count). The summed E-state index contributed by atoms with van der Waals surface area (Å²) in [6, 6.07) is 6.36. The topological polar surface area (TPSA) is 55.9 Å². The third-order valence-corrected chi connectivity index (χ3v) is 5.48. The number of likely N-dealkylation sites (tertiary alicyclic amines) is 1. The number of benzene rings is 1. The molecule has 0 bridgehead atoms. The van der Waals surface area contributed by atoms with Crippen LogP contribution in [0.5, 0.6) is 0 Å². The lowest BCUT2D eigenvalue weighted by atomic mass is 10.0. The second-order valence-corrected chi connectivity index (χ2v) is 7.15. The van der Waals surface area contributed by atoms with Crippen molar-refractivity contribution in [3.05, 3.63) is 23.8 Å². The van der Waals surface area contributed by atoms with Crippen molar-refractivity contribution in [2.24, 2.45) is 0 Å². The molecule has 1 fully saturated rings. The molecule has 0 spiro atoms. The number of nitrogens with one attached hydrogen (secondary N) is 1. The Kier molecular flexibility index (Phi) is 5.16. The van der Waals surface area contributed by atoms with Crippen molar-refractivity contribution in [2.45, 2.75) is 38.6 Å². The van der Waals surface area contributed by atoms with E-state index in [0.717, 1.165) is 37.9 Å². The second kappa shape index (κ2) is 7.33. The SMILES string of the molecule is CC(=O)N(C)C1CCN(C(=O)Nc2ccc3c(c2)CCCN3C)CC1. The number of aryl methyl sites for hydroxylation is 1. The number of anilines is 2. The van der Waals surface area contributed by atoms with Gasteiger partial charge in [0.15, 0.2) is 0 Å². The minimum atomic E-state index is -0.0481. The highest BCUT2D eigenvalue weighted by Crippen LogP contribution is 2.28. The number of hydrogen-bond acceptors (Lipinski definition) is 3. The lowest BCUT2D eigenvalue weighted by Gasteiger charge is -2.36. The molecule has 2 heterocycles. The molecule has 1 aromatic rings. The van der Waals surface area contributed by atoms with E-state index in [0.29, 0.717) is 13.1 Å². The Labute approximate surface area is 149 Å². The Balaban J connectivity index is 1.57. The molecular formula is C19H28N4O2. The van der Waals surface area contributed by atoms with Crippen molar-refractivity contribution in [1.82, 2.24) is 9.80 Å². The zero-order chi connectivity index (χ0) is 18.0.